The number of unbranched alkanes of at least 4 members (excludes halogenated alkanes) is 1. The molecule has 1 atom stereocenters. The van der Waals surface area contributed by atoms with E-state index in [2.05, 4.69) is 5.32 Å². The van der Waals surface area contributed by atoms with Crippen LogP contribution in [0.5, 0.6) is 0 Å². The second-order valence-electron chi connectivity index (χ2n) is 5.52. The first-order chi connectivity index (χ1) is 7.74. The third-order valence-electron chi connectivity index (χ3n) is 3.45. The Balaban J connectivity index is 2.83. The van der Waals surface area contributed by atoms with Crippen LogP contribution in [0.1, 0.15) is 40.5 Å². The summed E-state index contributed by atoms with van der Waals surface area (Å²) >= 11 is 0. The Bertz CT molecular complexity index is 378. The lowest BCUT2D eigenvalue weighted by atomic mass is 9.75. The van der Waals surface area contributed by atoms with E-state index in [9.17, 15) is 9.59 Å². The topological polar surface area (TPSA) is 73.2 Å². The van der Waals surface area contributed by atoms with Crippen LogP contribution in [-0.2, 0) is 4.79 Å². The highest BCUT2D eigenvalue weighted by molar-refractivity contribution is 6.07. The lowest BCUT2D eigenvalue weighted by Gasteiger charge is -2.35. The van der Waals surface area contributed by atoms with Gasteiger partial charge in [0.1, 0.15) is 5.54 Å². The number of imide groups is 1. The molecule has 5 heteroatoms. The highest BCUT2D eigenvalue weighted by Crippen LogP contribution is 2.35. The zero-order valence-corrected chi connectivity index (χ0v) is 10.8. The summed E-state index contributed by atoms with van der Waals surface area (Å²) in [5, 5.41) is 11.2. The van der Waals surface area contributed by atoms with Crippen molar-refractivity contribution in [3.05, 3.63) is 0 Å². The summed E-state index contributed by atoms with van der Waals surface area (Å²) in [6.07, 6.45) is 0.874. The number of rotatable bonds is 3. The monoisotopic (exact) mass is 237 g/mol. The standard InChI is InChI=1S/C12H19N3O2/c1-11(2,3)12(4)9(16)15(10(17)14-12)8-6-5-7-13/h5-6,8H2,1-4H3,(H,14,17). The number of nitriles is 1. The normalized spacial score (nSPS) is 24.8. The van der Waals surface area contributed by atoms with Gasteiger partial charge in [0.05, 0.1) is 6.07 Å². The van der Waals surface area contributed by atoms with Crippen LogP contribution in [0.25, 0.3) is 0 Å². The number of nitrogens with one attached hydrogen (secondary N) is 1. The van der Waals surface area contributed by atoms with Crippen molar-refractivity contribution >= 4 is 11.9 Å². The number of carbonyl (C=O) groups excluding carboxylic acids is 2. The fourth-order valence-electron chi connectivity index (χ4n) is 1.72. The van der Waals surface area contributed by atoms with Gasteiger partial charge in [-0.1, -0.05) is 20.8 Å². The largest absolute Gasteiger partial charge is 0.325 e. The summed E-state index contributed by atoms with van der Waals surface area (Å²) in [6, 6.07) is 1.65. The van der Waals surface area contributed by atoms with Crippen LogP contribution < -0.4 is 5.32 Å². The van der Waals surface area contributed by atoms with Gasteiger partial charge in [-0.05, 0) is 18.8 Å². The maximum Gasteiger partial charge on any atom is 0.325 e. The van der Waals surface area contributed by atoms with E-state index in [1.807, 2.05) is 26.8 Å². The minimum absolute atomic E-state index is 0.201. The highest BCUT2D eigenvalue weighted by atomic mass is 16.2. The Kier molecular flexibility index (Phi) is 3.46. The van der Waals surface area contributed by atoms with Gasteiger partial charge in [-0.15, -0.1) is 0 Å². The van der Waals surface area contributed by atoms with Crippen LogP contribution >= 0.6 is 0 Å². The van der Waals surface area contributed by atoms with E-state index in [4.69, 9.17) is 5.26 Å². The van der Waals surface area contributed by atoms with Crippen LogP contribution in [0.15, 0.2) is 0 Å². The predicted octanol–water partition coefficient (Wildman–Crippen LogP) is 1.65. The summed E-state index contributed by atoms with van der Waals surface area (Å²) in [5.74, 6) is -0.201. The molecule has 0 saturated carbocycles. The van der Waals surface area contributed by atoms with E-state index in [1.165, 1.54) is 4.90 Å². The molecular weight excluding hydrogens is 218 g/mol. The van der Waals surface area contributed by atoms with Gasteiger partial charge >= 0.3 is 6.03 Å². The first-order valence-corrected chi connectivity index (χ1v) is 5.75. The Morgan fingerprint density at radius 2 is 2.00 bits per heavy atom. The van der Waals surface area contributed by atoms with Crippen molar-refractivity contribution in [1.29, 1.82) is 5.26 Å². The number of carbonyl (C=O) groups is 2. The van der Waals surface area contributed by atoms with Gasteiger partial charge in [0, 0.05) is 13.0 Å². The highest BCUT2D eigenvalue weighted by Gasteiger charge is 2.54. The van der Waals surface area contributed by atoms with E-state index >= 15 is 0 Å². The fourth-order valence-corrected chi connectivity index (χ4v) is 1.72. The van der Waals surface area contributed by atoms with Crippen LogP contribution in [0, 0.1) is 16.7 Å². The average molecular weight is 237 g/mol. The smallest absolute Gasteiger partial charge is 0.323 e. The molecule has 1 unspecified atom stereocenters. The molecule has 1 aliphatic rings. The number of amides is 3. The van der Waals surface area contributed by atoms with Crippen LogP contribution in [-0.4, -0.2) is 28.9 Å². The maximum absolute atomic E-state index is 12.2. The van der Waals surface area contributed by atoms with Gasteiger partial charge in [-0.3, -0.25) is 9.69 Å². The Hall–Kier alpha value is -1.57. The molecular formula is C12H19N3O2. The number of hydrogen-bond donors (Lipinski definition) is 1. The lowest BCUT2D eigenvalue weighted by molar-refractivity contribution is -0.134. The fraction of sp³-hybridized carbons (Fsp3) is 0.750. The molecule has 0 aromatic rings. The quantitative estimate of drug-likeness (QED) is 0.599. The summed E-state index contributed by atoms with van der Waals surface area (Å²) in [6.45, 7) is 7.82. The van der Waals surface area contributed by atoms with E-state index in [0.717, 1.165) is 0 Å². The zero-order valence-electron chi connectivity index (χ0n) is 10.8. The molecule has 1 saturated heterocycles. The summed E-state index contributed by atoms with van der Waals surface area (Å²) in [4.78, 5) is 25.2. The van der Waals surface area contributed by atoms with Crippen molar-refractivity contribution in [2.45, 2.75) is 46.1 Å². The Labute approximate surface area is 102 Å². The van der Waals surface area contributed by atoms with E-state index in [0.29, 0.717) is 19.4 Å². The molecule has 1 aliphatic heterocycles. The van der Waals surface area contributed by atoms with Gasteiger partial charge in [-0.2, -0.15) is 5.26 Å². The molecule has 1 heterocycles. The van der Waals surface area contributed by atoms with Crippen molar-refractivity contribution in [3.63, 3.8) is 0 Å². The number of nitrogens with zero attached hydrogens (tertiary/aromatic N) is 2. The second-order valence-corrected chi connectivity index (χ2v) is 5.52. The van der Waals surface area contributed by atoms with Crippen molar-refractivity contribution < 1.29 is 9.59 Å². The molecule has 1 rings (SSSR count). The van der Waals surface area contributed by atoms with E-state index in [1.54, 1.807) is 6.92 Å². The summed E-state index contributed by atoms with van der Waals surface area (Å²) < 4.78 is 0. The van der Waals surface area contributed by atoms with Gasteiger partial charge < -0.3 is 5.32 Å². The van der Waals surface area contributed by atoms with Crippen molar-refractivity contribution in [2.24, 2.45) is 5.41 Å². The van der Waals surface area contributed by atoms with E-state index in [-0.39, 0.29) is 17.4 Å². The van der Waals surface area contributed by atoms with Crippen LogP contribution in [0.4, 0.5) is 4.79 Å². The average Bonchev–Trinajstić information content (AvgIpc) is 2.42. The number of hydrogen-bond acceptors (Lipinski definition) is 3. The molecule has 0 bridgehead atoms. The summed E-state index contributed by atoms with van der Waals surface area (Å²) in [7, 11) is 0. The van der Waals surface area contributed by atoms with Gasteiger partial charge in [-0.25, -0.2) is 4.79 Å². The molecule has 3 amide bonds. The van der Waals surface area contributed by atoms with Crippen LogP contribution in [0.3, 0.4) is 0 Å². The second kappa shape index (κ2) is 4.36. The minimum Gasteiger partial charge on any atom is -0.323 e. The molecule has 1 fully saturated rings. The first-order valence-electron chi connectivity index (χ1n) is 5.75. The van der Waals surface area contributed by atoms with Crippen molar-refractivity contribution in [3.8, 4) is 6.07 Å². The maximum atomic E-state index is 12.2. The van der Waals surface area contributed by atoms with Crippen molar-refractivity contribution in [1.82, 2.24) is 10.2 Å². The lowest BCUT2D eigenvalue weighted by Crippen LogP contribution is -2.54. The van der Waals surface area contributed by atoms with Crippen molar-refractivity contribution in [2.75, 3.05) is 6.54 Å². The van der Waals surface area contributed by atoms with Crippen LogP contribution in [0.2, 0.25) is 0 Å². The van der Waals surface area contributed by atoms with Gasteiger partial charge in [0.25, 0.3) is 5.91 Å². The molecule has 0 aliphatic carbocycles. The first kappa shape index (κ1) is 13.5. The van der Waals surface area contributed by atoms with Gasteiger partial charge in [0.15, 0.2) is 0 Å². The molecule has 0 radical (unpaired) electrons. The predicted molar refractivity (Wildman–Crippen MR) is 63.0 cm³/mol. The molecule has 0 aromatic heterocycles. The molecule has 17 heavy (non-hydrogen) atoms. The minimum atomic E-state index is -0.864. The summed E-state index contributed by atoms with van der Waals surface area (Å²) in [5.41, 5.74) is -1.21. The molecule has 5 nitrogen and oxygen atoms in total. The molecule has 0 spiro atoms. The molecule has 1 N–H and O–H groups in total. The molecule has 0 aromatic carbocycles. The Morgan fingerprint density at radius 1 is 1.41 bits per heavy atom. The Morgan fingerprint density at radius 3 is 2.41 bits per heavy atom. The third-order valence-corrected chi connectivity index (χ3v) is 3.45. The third kappa shape index (κ3) is 2.26. The zero-order chi connectivity index (χ0) is 13.3. The van der Waals surface area contributed by atoms with E-state index < -0.39 is 5.54 Å². The molecule has 94 valence electrons. The SMILES string of the molecule is CC(C)(C)C1(C)NC(=O)N(CCCC#N)C1=O. The number of urea groups is 1. The van der Waals surface area contributed by atoms with Gasteiger partial charge in [0.2, 0.25) is 0 Å².